The van der Waals surface area contributed by atoms with Gasteiger partial charge < -0.3 is 5.11 Å². The van der Waals surface area contributed by atoms with Gasteiger partial charge in [-0.25, -0.2) is 13.1 Å². The normalized spacial score (nSPS) is 21.0. The van der Waals surface area contributed by atoms with E-state index in [1.807, 2.05) is 0 Å². The van der Waals surface area contributed by atoms with Gasteiger partial charge >= 0.3 is 0 Å². The molecule has 0 saturated heterocycles. The minimum absolute atomic E-state index is 0.0248. The summed E-state index contributed by atoms with van der Waals surface area (Å²) in [5.41, 5.74) is -0.932. The van der Waals surface area contributed by atoms with Crippen LogP contribution in [0.5, 0.6) is 0 Å². The summed E-state index contributed by atoms with van der Waals surface area (Å²) in [6, 6.07) is 1.59. The van der Waals surface area contributed by atoms with Crippen molar-refractivity contribution in [2.45, 2.75) is 44.1 Å². The molecule has 5 nitrogen and oxygen atoms in total. The third-order valence-electron chi connectivity index (χ3n) is 2.91. The molecule has 0 amide bonds. The maximum atomic E-state index is 11.3. The van der Waals surface area contributed by atoms with Crippen molar-refractivity contribution in [3.8, 4) is 6.07 Å². The van der Waals surface area contributed by atoms with E-state index >= 15 is 0 Å². The zero-order valence-electron chi connectivity index (χ0n) is 9.28. The number of nitrogens with zero attached hydrogens (tertiary/aromatic N) is 1. The minimum Gasteiger partial charge on any atom is -0.389 e. The number of hydrogen-bond acceptors (Lipinski definition) is 4. The summed E-state index contributed by atoms with van der Waals surface area (Å²) in [7, 11) is -3.55. The van der Waals surface area contributed by atoms with E-state index in [1.165, 1.54) is 0 Å². The van der Waals surface area contributed by atoms with Crippen molar-refractivity contribution in [2.75, 3.05) is 12.3 Å². The van der Waals surface area contributed by atoms with Crippen LogP contribution < -0.4 is 4.72 Å². The average Bonchev–Trinajstić information content (AvgIpc) is 2.41. The van der Waals surface area contributed by atoms with Crippen molar-refractivity contribution in [3.05, 3.63) is 0 Å². The van der Waals surface area contributed by atoms with Crippen LogP contribution >= 0.6 is 0 Å². The first-order chi connectivity index (χ1) is 7.47. The fourth-order valence-electron chi connectivity index (χ4n) is 1.94. The van der Waals surface area contributed by atoms with Gasteiger partial charge in [-0.05, 0) is 12.8 Å². The number of nitrogens with one attached hydrogen (secondary N) is 1. The van der Waals surface area contributed by atoms with Crippen LogP contribution in [-0.2, 0) is 10.0 Å². The highest BCUT2D eigenvalue weighted by molar-refractivity contribution is 7.89. The highest BCUT2D eigenvalue weighted by atomic mass is 32.2. The largest absolute Gasteiger partial charge is 0.389 e. The lowest BCUT2D eigenvalue weighted by Gasteiger charge is -2.26. The van der Waals surface area contributed by atoms with Crippen LogP contribution in [0.2, 0.25) is 0 Å². The Hall–Kier alpha value is -0.640. The Morgan fingerprint density at radius 2 is 1.81 bits per heavy atom. The fourth-order valence-corrected chi connectivity index (χ4v) is 2.70. The number of rotatable bonds is 4. The third-order valence-corrected chi connectivity index (χ3v) is 4.00. The summed E-state index contributed by atoms with van der Waals surface area (Å²) in [4.78, 5) is 0. The van der Waals surface area contributed by atoms with Gasteiger partial charge in [-0.1, -0.05) is 25.7 Å². The van der Waals surface area contributed by atoms with Crippen molar-refractivity contribution in [3.63, 3.8) is 0 Å². The van der Waals surface area contributed by atoms with Crippen molar-refractivity contribution >= 4 is 10.0 Å². The van der Waals surface area contributed by atoms with E-state index in [9.17, 15) is 13.5 Å². The first-order valence-electron chi connectivity index (χ1n) is 5.54. The minimum atomic E-state index is -3.55. The second-order valence-electron chi connectivity index (χ2n) is 4.38. The van der Waals surface area contributed by atoms with Crippen LogP contribution in [0.4, 0.5) is 0 Å². The van der Waals surface area contributed by atoms with E-state index < -0.39 is 21.4 Å². The highest BCUT2D eigenvalue weighted by Gasteiger charge is 2.29. The second-order valence-corrected chi connectivity index (χ2v) is 6.18. The summed E-state index contributed by atoms with van der Waals surface area (Å²) in [5, 5.41) is 18.5. The number of sulfonamides is 1. The molecule has 1 fully saturated rings. The zero-order valence-corrected chi connectivity index (χ0v) is 10.1. The topological polar surface area (TPSA) is 90.2 Å². The number of nitriles is 1. The Morgan fingerprint density at radius 1 is 1.25 bits per heavy atom. The standard InChI is InChI=1S/C10H18N2O3S/c11-7-8-16(14,15)12-9-10(13)5-3-1-2-4-6-10/h12-13H,1-6,8-9H2. The van der Waals surface area contributed by atoms with E-state index in [0.717, 1.165) is 25.7 Å². The molecule has 1 aliphatic rings. The van der Waals surface area contributed by atoms with Gasteiger partial charge in [0.25, 0.3) is 0 Å². The van der Waals surface area contributed by atoms with Crippen molar-refractivity contribution in [2.24, 2.45) is 0 Å². The molecule has 0 radical (unpaired) electrons. The molecule has 0 aliphatic heterocycles. The SMILES string of the molecule is N#CCS(=O)(=O)NCC1(O)CCCCCC1. The number of aliphatic hydroxyl groups is 1. The van der Waals surface area contributed by atoms with E-state index in [0.29, 0.717) is 12.8 Å². The van der Waals surface area contributed by atoms with Crippen LogP contribution in [0.3, 0.4) is 0 Å². The molecule has 0 heterocycles. The van der Waals surface area contributed by atoms with E-state index in [2.05, 4.69) is 4.72 Å². The van der Waals surface area contributed by atoms with Crippen molar-refractivity contribution in [1.29, 1.82) is 5.26 Å². The molecular formula is C10H18N2O3S. The smallest absolute Gasteiger partial charge is 0.225 e. The Bertz CT molecular complexity index is 351. The molecule has 0 unspecified atom stereocenters. The Morgan fingerprint density at radius 3 is 2.31 bits per heavy atom. The first kappa shape index (κ1) is 13.4. The van der Waals surface area contributed by atoms with Gasteiger partial charge in [0.2, 0.25) is 10.0 Å². The molecule has 1 rings (SSSR count). The predicted octanol–water partition coefficient (Wildman–Crippen LogP) is 0.515. The Labute approximate surface area is 96.5 Å². The summed E-state index contributed by atoms with van der Waals surface area (Å²) in [6.07, 6.45) is 5.29. The van der Waals surface area contributed by atoms with E-state index in [4.69, 9.17) is 5.26 Å². The lowest BCUT2D eigenvalue weighted by atomic mass is 9.95. The van der Waals surface area contributed by atoms with Crippen LogP contribution in [0.25, 0.3) is 0 Å². The summed E-state index contributed by atoms with van der Waals surface area (Å²) in [6.45, 7) is 0.0248. The van der Waals surface area contributed by atoms with Gasteiger partial charge in [0.15, 0.2) is 5.75 Å². The van der Waals surface area contributed by atoms with E-state index in [1.54, 1.807) is 6.07 Å². The molecule has 1 aliphatic carbocycles. The average molecular weight is 246 g/mol. The van der Waals surface area contributed by atoms with E-state index in [-0.39, 0.29) is 6.54 Å². The molecule has 6 heteroatoms. The summed E-state index contributed by atoms with van der Waals surface area (Å²) >= 11 is 0. The van der Waals surface area contributed by atoms with Gasteiger partial charge in [-0.3, -0.25) is 0 Å². The fraction of sp³-hybridized carbons (Fsp3) is 0.900. The Balaban J connectivity index is 2.50. The first-order valence-corrected chi connectivity index (χ1v) is 7.19. The molecule has 92 valence electrons. The van der Waals surface area contributed by atoms with Crippen molar-refractivity contribution < 1.29 is 13.5 Å². The van der Waals surface area contributed by atoms with Gasteiger partial charge in [0.1, 0.15) is 0 Å². The van der Waals surface area contributed by atoms with Crippen LogP contribution in [0.15, 0.2) is 0 Å². The highest BCUT2D eigenvalue weighted by Crippen LogP contribution is 2.26. The predicted molar refractivity (Wildman–Crippen MR) is 60.1 cm³/mol. The van der Waals surface area contributed by atoms with Gasteiger partial charge in [-0.15, -0.1) is 0 Å². The monoisotopic (exact) mass is 246 g/mol. The lowest BCUT2D eigenvalue weighted by Crippen LogP contribution is -2.43. The van der Waals surface area contributed by atoms with Crippen molar-refractivity contribution in [1.82, 2.24) is 4.72 Å². The quantitative estimate of drug-likeness (QED) is 0.707. The zero-order chi connectivity index (χ0) is 12.1. The van der Waals surface area contributed by atoms with Crippen LogP contribution in [0, 0.1) is 11.3 Å². The maximum absolute atomic E-state index is 11.3. The molecular weight excluding hydrogens is 228 g/mol. The van der Waals surface area contributed by atoms with Crippen LogP contribution in [0.1, 0.15) is 38.5 Å². The molecule has 0 aromatic carbocycles. The number of hydrogen-bond donors (Lipinski definition) is 2. The third kappa shape index (κ3) is 4.47. The molecule has 0 atom stereocenters. The summed E-state index contributed by atoms with van der Waals surface area (Å²) in [5.74, 6) is -0.553. The molecule has 16 heavy (non-hydrogen) atoms. The lowest BCUT2D eigenvalue weighted by molar-refractivity contribution is 0.0303. The molecule has 1 saturated carbocycles. The Kier molecular flexibility index (Phi) is 4.71. The van der Waals surface area contributed by atoms with Gasteiger partial charge in [0, 0.05) is 6.54 Å². The molecule has 0 bridgehead atoms. The van der Waals surface area contributed by atoms with Gasteiger partial charge in [0.05, 0.1) is 11.7 Å². The molecule has 2 N–H and O–H groups in total. The second kappa shape index (κ2) is 5.62. The van der Waals surface area contributed by atoms with Gasteiger partial charge in [-0.2, -0.15) is 5.26 Å². The molecule has 0 aromatic heterocycles. The maximum Gasteiger partial charge on any atom is 0.225 e. The summed E-state index contributed by atoms with van der Waals surface area (Å²) < 4.78 is 24.8. The molecule has 0 spiro atoms. The van der Waals surface area contributed by atoms with Crippen LogP contribution in [-0.4, -0.2) is 31.4 Å². The molecule has 0 aromatic rings.